The third-order valence-corrected chi connectivity index (χ3v) is 13.0. The number of carbonyl (C=O) groups is 5. The van der Waals surface area contributed by atoms with Crippen LogP contribution >= 0.6 is 15.9 Å². The standard InChI is InChI=1S/C41H48BrN9O6/c1-46-23-28(20-29(24-46)44-31-21-43-47(2)41(57)36(31)42)26-6-8-27(9-7-26)38(54)50-18-16-48(17-19-50)22-25-12-14-49(15-13-25)32-5-3-4-30-35(32)40(56)51(39(30)55)33-10-11-34(52)45-37(33)53/h3-9,21,25,28-29,33,44H,10-20,22-24H2,1-2H3,(H,45,52,53)/t28-,29+,33?/m0/s1. The Hall–Kier alpha value is -4.93. The number of aromatic nitrogens is 2. The highest BCUT2D eigenvalue weighted by molar-refractivity contribution is 9.10. The highest BCUT2D eigenvalue weighted by Gasteiger charge is 2.46. The molecule has 5 aliphatic heterocycles. The molecule has 3 aromatic rings. The molecule has 15 nitrogen and oxygen atoms in total. The molecule has 0 bridgehead atoms. The average Bonchev–Trinajstić information content (AvgIpc) is 3.47. The second kappa shape index (κ2) is 16.1. The van der Waals surface area contributed by atoms with Crippen LogP contribution in [0.3, 0.4) is 0 Å². The SMILES string of the molecule is CN1C[C@H](Nc2cnn(C)c(=O)c2Br)C[C@H](c2ccc(C(=O)N3CCN(CC4CCN(c5cccc6c5C(=O)N(C5CCC(=O)NC5=O)C6=O)CC4)CC3)cc2)C1. The van der Waals surface area contributed by atoms with E-state index in [-0.39, 0.29) is 36.3 Å². The molecule has 5 aliphatic rings. The van der Waals surface area contributed by atoms with Crippen molar-refractivity contribution in [1.29, 1.82) is 0 Å². The second-order valence-corrected chi connectivity index (χ2v) is 16.9. The summed E-state index contributed by atoms with van der Waals surface area (Å²) in [6, 6.07) is 12.5. The summed E-state index contributed by atoms with van der Waals surface area (Å²) in [5.74, 6) is -1.17. The van der Waals surface area contributed by atoms with Gasteiger partial charge < -0.3 is 20.0 Å². The summed E-state index contributed by atoms with van der Waals surface area (Å²) in [5.41, 5.74) is 3.75. The molecule has 5 amide bonds. The van der Waals surface area contributed by atoms with Gasteiger partial charge in [0.05, 0.1) is 28.7 Å². The van der Waals surface area contributed by atoms with E-state index in [4.69, 9.17) is 0 Å². The van der Waals surface area contributed by atoms with Crippen molar-refractivity contribution in [2.45, 2.75) is 50.1 Å². The lowest BCUT2D eigenvalue weighted by atomic mass is 9.87. The highest BCUT2D eigenvalue weighted by atomic mass is 79.9. The number of amides is 5. The van der Waals surface area contributed by atoms with Crippen molar-refractivity contribution in [3.05, 3.63) is 85.7 Å². The summed E-state index contributed by atoms with van der Waals surface area (Å²) in [6.07, 6.45) is 4.64. The molecule has 8 rings (SSSR count). The van der Waals surface area contributed by atoms with Crippen LogP contribution in [0.5, 0.6) is 0 Å². The molecule has 0 aliphatic carbocycles. The lowest BCUT2D eigenvalue weighted by molar-refractivity contribution is -0.136. The topological polar surface area (TPSA) is 160 Å². The third kappa shape index (κ3) is 7.86. The van der Waals surface area contributed by atoms with Gasteiger partial charge in [-0.2, -0.15) is 5.10 Å². The molecule has 0 spiro atoms. The first-order chi connectivity index (χ1) is 27.4. The number of nitrogens with zero attached hydrogens (tertiary/aromatic N) is 7. The summed E-state index contributed by atoms with van der Waals surface area (Å²) in [5, 5.41) is 9.93. The largest absolute Gasteiger partial charge is 0.379 e. The van der Waals surface area contributed by atoms with Crippen molar-refractivity contribution in [3.63, 3.8) is 0 Å². The van der Waals surface area contributed by atoms with Gasteiger partial charge in [0.1, 0.15) is 10.5 Å². The Labute approximate surface area is 339 Å². The van der Waals surface area contributed by atoms with Crippen molar-refractivity contribution in [3.8, 4) is 0 Å². The van der Waals surface area contributed by atoms with Crippen molar-refractivity contribution >= 4 is 56.8 Å². The van der Waals surface area contributed by atoms with Crippen LogP contribution in [-0.4, -0.2) is 137 Å². The van der Waals surface area contributed by atoms with Gasteiger partial charge in [0.15, 0.2) is 0 Å². The Morgan fingerprint density at radius 1 is 0.895 bits per heavy atom. The molecule has 16 heteroatoms. The number of benzene rings is 2. The van der Waals surface area contributed by atoms with Gasteiger partial charge >= 0.3 is 0 Å². The van der Waals surface area contributed by atoms with Crippen molar-refractivity contribution in [1.82, 2.24) is 34.7 Å². The minimum atomic E-state index is -0.987. The van der Waals surface area contributed by atoms with Gasteiger partial charge in [-0.3, -0.25) is 43.9 Å². The zero-order chi connectivity index (χ0) is 40.0. The minimum Gasteiger partial charge on any atom is -0.379 e. The first kappa shape index (κ1) is 38.9. The summed E-state index contributed by atoms with van der Waals surface area (Å²) in [7, 11) is 3.73. The summed E-state index contributed by atoms with van der Waals surface area (Å²) < 4.78 is 1.78. The number of piperidine rings is 3. The highest BCUT2D eigenvalue weighted by Crippen LogP contribution is 2.36. The number of hydrogen-bond donors (Lipinski definition) is 2. The van der Waals surface area contributed by atoms with Gasteiger partial charge in [-0.05, 0) is 90.3 Å². The maximum absolute atomic E-state index is 13.6. The Bertz CT molecular complexity index is 2140. The molecular formula is C41H48BrN9O6. The molecule has 4 fully saturated rings. The predicted octanol–water partition coefficient (Wildman–Crippen LogP) is 2.52. The fourth-order valence-corrected chi connectivity index (χ4v) is 9.67. The van der Waals surface area contributed by atoms with Gasteiger partial charge in [0.2, 0.25) is 11.8 Å². The quantitative estimate of drug-likeness (QED) is 0.321. The smallest absolute Gasteiger partial charge is 0.282 e. The van der Waals surface area contributed by atoms with Gasteiger partial charge in [-0.1, -0.05) is 18.2 Å². The Morgan fingerprint density at radius 3 is 2.35 bits per heavy atom. The monoisotopic (exact) mass is 841 g/mol. The van der Waals surface area contributed by atoms with Crippen molar-refractivity contribution in [2.75, 3.05) is 76.2 Å². The van der Waals surface area contributed by atoms with Gasteiger partial charge in [-0.25, -0.2) is 4.68 Å². The van der Waals surface area contributed by atoms with E-state index in [1.165, 1.54) is 10.2 Å². The molecule has 1 unspecified atom stereocenters. The molecular weight excluding hydrogens is 794 g/mol. The number of piperazine rings is 1. The zero-order valence-corrected chi connectivity index (χ0v) is 33.9. The Kier molecular flexibility index (Phi) is 11.0. The van der Waals surface area contributed by atoms with Crippen LogP contribution in [0.1, 0.15) is 74.7 Å². The van der Waals surface area contributed by atoms with Crippen LogP contribution in [0.2, 0.25) is 0 Å². The number of fused-ring (bicyclic) bond motifs is 1. The number of nitrogens with one attached hydrogen (secondary N) is 2. The molecule has 3 atom stereocenters. The van der Waals surface area contributed by atoms with Gasteiger partial charge in [-0.15, -0.1) is 0 Å². The van der Waals surface area contributed by atoms with Crippen LogP contribution in [0.25, 0.3) is 0 Å². The molecule has 0 saturated carbocycles. The first-order valence-electron chi connectivity index (χ1n) is 19.8. The fourth-order valence-electron chi connectivity index (χ4n) is 9.19. The number of aryl methyl sites for hydroxylation is 1. The van der Waals surface area contributed by atoms with Crippen LogP contribution in [0.15, 0.2) is 57.9 Å². The van der Waals surface area contributed by atoms with E-state index in [2.05, 4.69) is 65.5 Å². The number of halogens is 1. The molecule has 2 N–H and O–H groups in total. The fraction of sp³-hybridized carbons (Fsp3) is 0.488. The first-order valence-corrected chi connectivity index (χ1v) is 20.6. The lowest BCUT2D eigenvalue weighted by Crippen LogP contribution is -2.54. The number of anilines is 2. The number of rotatable bonds is 8. The average molecular weight is 843 g/mol. The van der Waals surface area contributed by atoms with E-state index in [1.807, 2.05) is 23.1 Å². The Morgan fingerprint density at radius 2 is 1.63 bits per heavy atom. The van der Waals surface area contributed by atoms with E-state index in [0.717, 1.165) is 75.7 Å². The van der Waals surface area contributed by atoms with E-state index in [0.29, 0.717) is 45.9 Å². The van der Waals surface area contributed by atoms with E-state index < -0.39 is 29.7 Å². The molecule has 2 aromatic carbocycles. The number of likely N-dealkylation sites (N-methyl/N-ethyl adjacent to an activating group) is 1. The molecule has 1 aromatic heterocycles. The summed E-state index contributed by atoms with van der Waals surface area (Å²) in [4.78, 5) is 87.0. The summed E-state index contributed by atoms with van der Waals surface area (Å²) >= 11 is 3.42. The van der Waals surface area contributed by atoms with Gasteiger partial charge in [0.25, 0.3) is 23.3 Å². The normalized spacial score (nSPS) is 23.8. The van der Waals surface area contributed by atoms with Crippen LogP contribution in [0.4, 0.5) is 11.4 Å². The second-order valence-electron chi connectivity index (χ2n) is 16.1. The van der Waals surface area contributed by atoms with Crippen LogP contribution in [-0.2, 0) is 16.6 Å². The minimum absolute atomic E-state index is 0.0532. The molecule has 6 heterocycles. The van der Waals surface area contributed by atoms with Crippen molar-refractivity contribution < 1.29 is 24.0 Å². The van der Waals surface area contributed by atoms with Crippen LogP contribution in [0, 0.1) is 5.92 Å². The molecule has 57 heavy (non-hydrogen) atoms. The van der Waals surface area contributed by atoms with E-state index in [9.17, 15) is 28.8 Å². The maximum atomic E-state index is 13.6. The van der Waals surface area contributed by atoms with E-state index in [1.54, 1.807) is 25.4 Å². The lowest BCUT2D eigenvalue weighted by Gasteiger charge is -2.39. The zero-order valence-electron chi connectivity index (χ0n) is 32.3. The maximum Gasteiger partial charge on any atom is 0.282 e. The predicted molar refractivity (Wildman–Crippen MR) is 216 cm³/mol. The van der Waals surface area contributed by atoms with E-state index >= 15 is 0 Å². The third-order valence-electron chi connectivity index (χ3n) is 12.3. The summed E-state index contributed by atoms with van der Waals surface area (Å²) in [6.45, 7) is 7.14. The van der Waals surface area contributed by atoms with Crippen molar-refractivity contribution in [2.24, 2.45) is 13.0 Å². The number of likely N-dealkylation sites (tertiary alicyclic amines) is 1. The molecule has 4 saturated heterocycles. The number of hydrogen-bond acceptors (Lipinski definition) is 11. The number of imide groups is 2. The Balaban J connectivity index is 0.811. The molecule has 300 valence electrons. The molecule has 0 radical (unpaired) electrons. The van der Waals surface area contributed by atoms with Gasteiger partial charge in [0, 0.05) is 84.0 Å². The number of carbonyl (C=O) groups excluding carboxylic acids is 5. The van der Waals surface area contributed by atoms with Crippen LogP contribution < -0.4 is 21.1 Å².